The van der Waals surface area contributed by atoms with Gasteiger partial charge in [0.2, 0.25) is 35.4 Å². The predicted molar refractivity (Wildman–Crippen MR) is 194 cm³/mol. The molecule has 1 aliphatic heterocycles. The molecule has 50 heavy (non-hydrogen) atoms. The Morgan fingerprint density at radius 2 is 1.64 bits per heavy atom. The molecule has 1 saturated heterocycles. The smallest absolute Gasteiger partial charge is 0.243 e. The summed E-state index contributed by atoms with van der Waals surface area (Å²) >= 11 is 1.52. The van der Waals surface area contributed by atoms with Crippen LogP contribution in [0.3, 0.4) is 0 Å². The molecule has 5 N–H and O–H groups in total. The fraction of sp³-hybridized carbons (Fsp3) is 0.514. The summed E-state index contributed by atoms with van der Waals surface area (Å²) in [6.45, 7) is 4.67. The number of hydrogen-bond donors (Lipinski definition) is 5. The molecular weight excluding hydrogens is 657 g/mol. The maximum absolute atomic E-state index is 13.8. The number of carbonyl (C=O) groups excluding carboxylic acids is 6. The minimum Gasteiger partial charge on any atom is -0.349 e. The quantitative estimate of drug-likeness (QED) is 0.253. The number of fused-ring (bicyclic) bond motifs is 1. The average molecular weight is 707 g/mol. The van der Waals surface area contributed by atoms with E-state index in [1.54, 1.807) is 20.8 Å². The molecule has 0 saturated carbocycles. The molecule has 13 heteroatoms. The summed E-state index contributed by atoms with van der Waals surface area (Å²) in [5.74, 6) is -2.63. The first kappa shape index (κ1) is 38.4. The van der Waals surface area contributed by atoms with Crippen LogP contribution in [0.5, 0.6) is 0 Å². The van der Waals surface area contributed by atoms with Crippen LogP contribution in [0.4, 0.5) is 5.69 Å². The van der Waals surface area contributed by atoms with Crippen LogP contribution in [0.25, 0.3) is 0 Å². The molecule has 4 atom stereocenters. The van der Waals surface area contributed by atoms with E-state index in [4.69, 9.17) is 0 Å². The monoisotopic (exact) mass is 706 g/mol. The largest absolute Gasteiger partial charge is 0.349 e. The number of aryl methyl sites for hydroxylation is 2. The lowest BCUT2D eigenvalue weighted by molar-refractivity contribution is -0.138. The first-order valence-electron chi connectivity index (χ1n) is 17.4. The Bertz CT molecular complexity index is 1540. The normalized spacial score (nSPS) is 22.0. The number of hydrogen-bond acceptors (Lipinski definition) is 7. The number of benzene rings is 2. The summed E-state index contributed by atoms with van der Waals surface area (Å²) in [5, 5.41) is 14.1. The van der Waals surface area contributed by atoms with Gasteiger partial charge in [-0.2, -0.15) is 11.8 Å². The minimum absolute atomic E-state index is 0.0467. The van der Waals surface area contributed by atoms with Crippen molar-refractivity contribution in [1.29, 1.82) is 0 Å². The maximum atomic E-state index is 13.8. The van der Waals surface area contributed by atoms with E-state index in [-0.39, 0.29) is 31.2 Å². The first-order valence-corrected chi connectivity index (χ1v) is 18.8. The van der Waals surface area contributed by atoms with Crippen LogP contribution in [0.1, 0.15) is 63.1 Å². The zero-order valence-corrected chi connectivity index (χ0v) is 30.2. The van der Waals surface area contributed by atoms with Crippen LogP contribution in [0.2, 0.25) is 0 Å². The lowest BCUT2D eigenvalue weighted by atomic mass is 10.0. The number of rotatable bonds is 10. The van der Waals surface area contributed by atoms with Gasteiger partial charge in [-0.05, 0) is 85.8 Å². The van der Waals surface area contributed by atoms with Crippen LogP contribution >= 0.6 is 11.8 Å². The van der Waals surface area contributed by atoms with Crippen LogP contribution in [0.15, 0.2) is 48.5 Å². The summed E-state index contributed by atoms with van der Waals surface area (Å²) in [6.07, 6.45) is 5.35. The van der Waals surface area contributed by atoms with Gasteiger partial charge in [-0.1, -0.05) is 50.2 Å². The summed E-state index contributed by atoms with van der Waals surface area (Å²) in [6, 6.07) is 11.8. The number of carbonyl (C=O) groups is 6. The SMILES string of the molecule is CSCC[C@@H]1NC(=O)[C@H](C(C)C)NC(=O)CN(C(=O)CCC(=O)Nc2ccc3c(c2)CCC3)C[C@@H](Cc2ccccc2)NC(=O)[C@H](C)NC1=O. The van der Waals surface area contributed by atoms with Crippen molar-refractivity contribution < 1.29 is 28.8 Å². The zero-order chi connectivity index (χ0) is 36.2. The molecule has 2 aromatic rings. The molecule has 0 unspecified atom stereocenters. The molecular formula is C37H50N6O6S. The highest BCUT2D eigenvalue weighted by Crippen LogP contribution is 2.25. The second kappa shape index (κ2) is 18.6. The Morgan fingerprint density at radius 1 is 0.900 bits per heavy atom. The maximum Gasteiger partial charge on any atom is 0.243 e. The molecule has 4 rings (SSSR count). The van der Waals surface area contributed by atoms with E-state index in [9.17, 15) is 28.8 Å². The highest BCUT2D eigenvalue weighted by atomic mass is 32.2. The third-order valence-corrected chi connectivity index (χ3v) is 9.65. The highest BCUT2D eigenvalue weighted by Gasteiger charge is 2.32. The van der Waals surface area contributed by atoms with Gasteiger partial charge in [0.1, 0.15) is 18.1 Å². The van der Waals surface area contributed by atoms with Crippen molar-refractivity contribution in [3.8, 4) is 0 Å². The van der Waals surface area contributed by atoms with Gasteiger partial charge >= 0.3 is 0 Å². The van der Waals surface area contributed by atoms with E-state index < -0.39 is 60.2 Å². The number of nitrogens with one attached hydrogen (secondary N) is 5. The molecule has 6 amide bonds. The van der Waals surface area contributed by atoms with E-state index in [1.165, 1.54) is 27.8 Å². The summed E-state index contributed by atoms with van der Waals surface area (Å²) in [4.78, 5) is 81.8. The van der Waals surface area contributed by atoms with E-state index in [2.05, 4.69) is 26.6 Å². The summed E-state index contributed by atoms with van der Waals surface area (Å²) in [7, 11) is 0. The fourth-order valence-electron chi connectivity index (χ4n) is 6.23. The first-order chi connectivity index (χ1) is 23.9. The summed E-state index contributed by atoms with van der Waals surface area (Å²) < 4.78 is 0. The molecule has 1 fully saturated rings. The highest BCUT2D eigenvalue weighted by molar-refractivity contribution is 7.98. The van der Waals surface area contributed by atoms with Gasteiger partial charge in [-0.25, -0.2) is 0 Å². The van der Waals surface area contributed by atoms with Gasteiger partial charge < -0.3 is 31.5 Å². The topological polar surface area (TPSA) is 166 Å². The van der Waals surface area contributed by atoms with Crippen molar-refractivity contribution in [2.45, 2.75) is 89.9 Å². The molecule has 0 aromatic heterocycles. The van der Waals surface area contributed by atoms with Crippen LogP contribution in [-0.4, -0.2) is 89.6 Å². The lowest BCUT2D eigenvalue weighted by Crippen LogP contribution is -2.57. The Labute approximate surface area is 298 Å². The minimum atomic E-state index is -0.982. The number of anilines is 1. The fourth-order valence-corrected chi connectivity index (χ4v) is 6.70. The standard InChI is InChI=1S/C37H50N6O6S/c1-23(2)34-37(49)41-30(17-18-50-4)36(48)38-24(3)35(47)40-29(19-25-9-6-5-7-10-25)21-43(22-32(45)42-34)33(46)16-15-31(44)39-28-14-13-26-11-8-12-27(26)20-28/h5-7,9-10,13-14,20,23-24,29-30,34H,8,11-12,15-19,21-22H2,1-4H3,(H,38,48)(H,39,44)(H,40,47)(H,41,49)(H,42,45)/t24-,29+,30-,34-/m0/s1. The van der Waals surface area contributed by atoms with Crippen molar-refractivity contribution in [1.82, 2.24) is 26.2 Å². The third-order valence-electron chi connectivity index (χ3n) is 9.01. The number of nitrogens with zero attached hydrogens (tertiary/aromatic N) is 1. The van der Waals surface area contributed by atoms with Gasteiger partial charge in [0.15, 0.2) is 0 Å². The van der Waals surface area contributed by atoms with Crippen LogP contribution in [0, 0.1) is 5.92 Å². The molecule has 1 aliphatic carbocycles. The summed E-state index contributed by atoms with van der Waals surface area (Å²) in [5.41, 5.74) is 4.08. The molecule has 0 spiro atoms. The second-order valence-corrected chi connectivity index (χ2v) is 14.4. The predicted octanol–water partition coefficient (Wildman–Crippen LogP) is 2.35. The Kier molecular flexibility index (Phi) is 14.3. The molecule has 2 aliphatic rings. The number of amides is 6. The average Bonchev–Trinajstić information content (AvgIpc) is 3.55. The van der Waals surface area contributed by atoms with Crippen LogP contribution < -0.4 is 26.6 Å². The second-order valence-electron chi connectivity index (χ2n) is 13.4. The zero-order valence-electron chi connectivity index (χ0n) is 29.4. The van der Waals surface area contributed by atoms with E-state index in [0.29, 0.717) is 24.3 Å². The van der Waals surface area contributed by atoms with Crippen molar-refractivity contribution in [2.24, 2.45) is 5.92 Å². The molecule has 0 radical (unpaired) electrons. The van der Waals surface area contributed by atoms with Crippen LogP contribution in [-0.2, 0) is 48.0 Å². The third kappa shape index (κ3) is 11.3. The van der Waals surface area contributed by atoms with Gasteiger partial charge in [0.05, 0.1) is 12.6 Å². The van der Waals surface area contributed by atoms with Crippen molar-refractivity contribution in [2.75, 3.05) is 30.4 Å². The molecule has 1 heterocycles. The Hall–Kier alpha value is -4.39. The van der Waals surface area contributed by atoms with Gasteiger partial charge in [0, 0.05) is 25.1 Å². The molecule has 12 nitrogen and oxygen atoms in total. The van der Waals surface area contributed by atoms with Crippen molar-refractivity contribution in [3.63, 3.8) is 0 Å². The Morgan fingerprint density at radius 3 is 2.36 bits per heavy atom. The lowest BCUT2D eigenvalue weighted by Gasteiger charge is -2.30. The van der Waals surface area contributed by atoms with Gasteiger partial charge in [-0.15, -0.1) is 0 Å². The van der Waals surface area contributed by atoms with Gasteiger partial charge in [-0.3, -0.25) is 28.8 Å². The Balaban J connectivity index is 1.57. The van der Waals surface area contributed by atoms with E-state index >= 15 is 0 Å². The van der Waals surface area contributed by atoms with Gasteiger partial charge in [0.25, 0.3) is 0 Å². The van der Waals surface area contributed by atoms with Crippen molar-refractivity contribution >= 4 is 52.9 Å². The number of thioether (sulfide) groups is 1. The van der Waals surface area contributed by atoms with Crippen molar-refractivity contribution in [3.05, 3.63) is 65.2 Å². The van der Waals surface area contributed by atoms with E-state index in [1.807, 2.05) is 54.8 Å². The van der Waals surface area contributed by atoms with E-state index in [0.717, 1.165) is 24.8 Å². The molecule has 0 bridgehead atoms. The molecule has 2 aromatic carbocycles. The molecule has 270 valence electrons.